The summed E-state index contributed by atoms with van der Waals surface area (Å²) >= 11 is 0. The Hall–Kier alpha value is -2.10. The highest BCUT2D eigenvalue weighted by molar-refractivity contribution is 5.79. The Morgan fingerprint density at radius 3 is 2.75 bits per heavy atom. The fourth-order valence-electron chi connectivity index (χ4n) is 2.73. The van der Waals surface area contributed by atoms with Gasteiger partial charge in [-0.15, -0.1) is 0 Å². The van der Waals surface area contributed by atoms with Crippen molar-refractivity contribution in [1.82, 2.24) is 14.4 Å². The van der Waals surface area contributed by atoms with Crippen molar-refractivity contribution in [2.45, 2.75) is 39.5 Å². The van der Waals surface area contributed by atoms with Gasteiger partial charge >= 0.3 is 0 Å². The minimum atomic E-state index is 0.0604. The zero-order valence-electron chi connectivity index (χ0n) is 12.1. The summed E-state index contributed by atoms with van der Waals surface area (Å²) < 4.78 is 1.69. The first-order valence-electron chi connectivity index (χ1n) is 7.19. The van der Waals surface area contributed by atoms with Crippen LogP contribution in [0.3, 0.4) is 0 Å². The van der Waals surface area contributed by atoms with Crippen LogP contribution >= 0.6 is 0 Å². The van der Waals surface area contributed by atoms with E-state index in [4.69, 9.17) is 0 Å². The highest BCUT2D eigenvalue weighted by Crippen LogP contribution is 2.21. The van der Waals surface area contributed by atoms with E-state index in [2.05, 4.69) is 23.8 Å². The molecular formula is C16H19N3O. The molecule has 4 nitrogen and oxygen atoms in total. The maximum Gasteiger partial charge on any atom is 0.262 e. The Kier molecular flexibility index (Phi) is 3.08. The van der Waals surface area contributed by atoms with Crippen LogP contribution in [-0.2, 0) is 6.42 Å². The molecule has 104 valence electrons. The number of nitrogens with one attached hydrogen (secondary N) is 1. The SMILES string of the molecule is CCc1c([C@@H](C)CC)[nH]c2nc3ccccc3n2c1=O. The first-order valence-corrected chi connectivity index (χ1v) is 7.19. The second kappa shape index (κ2) is 4.78. The normalized spacial score (nSPS) is 13.2. The standard InChI is InChI=1S/C16H19N3O/c1-4-10(3)14-11(5-2)15(20)19-13-9-7-6-8-12(13)17-16(19)18-14/h6-10H,4-5H2,1-3H3,(H,17,18)/t10-/m0/s1. The molecule has 0 saturated heterocycles. The van der Waals surface area contributed by atoms with Crippen LogP contribution in [0.4, 0.5) is 0 Å². The molecule has 0 fully saturated rings. The largest absolute Gasteiger partial charge is 0.328 e. The second-order valence-corrected chi connectivity index (χ2v) is 5.24. The lowest BCUT2D eigenvalue weighted by Crippen LogP contribution is -2.22. The van der Waals surface area contributed by atoms with E-state index in [0.29, 0.717) is 11.7 Å². The molecule has 0 aliphatic rings. The molecule has 0 saturated carbocycles. The number of hydrogen-bond acceptors (Lipinski definition) is 2. The number of para-hydroxylation sites is 2. The van der Waals surface area contributed by atoms with Gasteiger partial charge in [-0.3, -0.25) is 4.79 Å². The summed E-state index contributed by atoms with van der Waals surface area (Å²) in [5.41, 5.74) is 3.68. The summed E-state index contributed by atoms with van der Waals surface area (Å²) in [5.74, 6) is 0.978. The van der Waals surface area contributed by atoms with Crippen LogP contribution in [0.1, 0.15) is 44.4 Å². The number of H-pyrrole nitrogens is 1. The predicted octanol–water partition coefficient (Wildman–Crippen LogP) is 3.25. The van der Waals surface area contributed by atoms with Crippen molar-refractivity contribution in [3.8, 4) is 0 Å². The number of nitrogens with zero attached hydrogens (tertiary/aromatic N) is 2. The molecule has 2 aromatic heterocycles. The van der Waals surface area contributed by atoms with E-state index in [1.54, 1.807) is 4.40 Å². The summed E-state index contributed by atoms with van der Waals surface area (Å²) in [7, 11) is 0. The third-order valence-electron chi connectivity index (χ3n) is 4.05. The summed E-state index contributed by atoms with van der Waals surface area (Å²) in [4.78, 5) is 20.7. The van der Waals surface area contributed by atoms with E-state index in [1.807, 2.05) is 31.2 Å². The van der Waals surface area contributed by atoms with Gasteiger partial charge in [0, 0.05) is 11.3 Å². The maximum absolute atomic E-state index is 12.8. The first-order chi connectivity index (χ1) is 9.67. The molecule has 3 aromatic rings. The Balaban J connectivity index is 2.46. The van der Waals surface area contributed by atoms with Gasteiger partial charge in [-0.25, -0.2) is 9.38 Å². The number of hydrogen-bond donors (Lipinski definition) is 1. The molecule has 4 heteroatoms. The Bertz CT molecular complexity index is 829. The van der Waals surface area contributed by atoms with Gasteiger partial charge in [-0.05, 0) is 30.9 Å². The van der Waals surface area contributed by atoms with Gasteiger partial charge in [0.25, 0.3) is 5.56 Å². The van der Waals surface area contributed by atoms with Crippen molar-refractivity contribution in [3.63, 3.8) is 0 Å². The Morgan fingerprint density at radius 1 is 1.30 bits per heavy atom. The Morgan fingerprint density at radius 2 is 2.05 bits per heavy atom. The predicted molar refractivity (Wildman–Crippen MR) is 81.4 cm³/mol. The third kappa shape index (κ3) is 1.75. The summed E-state index contributed by atoms with van der Waals surface area (Å²) in [6, 6.07) is 7.75. The van der Waals surface area contributed by atoms with Crippen LogP contribution in [0.2, 0.25) is 0 Å². The molecule has 1 aromatic carbocycles. The number of aromatic amines is 1. The molecule has 0 radical (unpaired) electrons. The zero-order chi connectivity index (χ0) is 14.3. The number of rotatable bonds is 3. The molecule has 0 amide bonds. The quantitative estimate of drug-likeness (QED) is 0.793. The van der Waals surface area contributed by atoms with Crippen LogP contribution < -0.4 is 5.56 Å². The highest BCUT2D eigenvalue weighted by Gasteiger charge is 2.17. The first kappa shape index (κ1) is 12.9. The van der Waals surface area contributed by atoms with E-state index >= 15 is 0 Å². The lowest BCUT2D eigenvalue weighted by molar-refractivity contribution is 0.690. The van der Waals surface area contributed by atoms with Crippen LogP contribution in [0, 0.1) is 0 Å². The molecule has 0 bridgehead atoms. The molecular weight excluding hydrogens is 250 g/mol. The van der Waals surface area contributed by atoms with Gasteiger partial charge in [0.1, 0.15) is 0 Å². The number of fused-ring (bicyclic) bond motifs is 3. The number of aromatic nitrogens is 3. The highest BCUT2D eigenvalue weighted by atomic mass is 16.1. The van der Waals surface area contributed by atoms with Crippen molar-refractivity contribution < 1.29 is 0 Å². The summed E-state index contributed by atoms with van der Waals surface area (Å²) in [6.07, 6.45) is 1.73. The van der Waals surface area contributed by atoms with Gasteiger partial charge in [0.05, 0.1) is 11.0 Å². The lowest BCUT2D eigenvalue weighted by Gasteiger charge is -2.14. The van der Waals surface area contributed by atoms with E-state index < -0.39 is 0 Å². The fraction of sp³-hybridized carbons (Fsp3) is 0.375. The third-order valence-corrected chi connectivity index (χ3v) is 4.05. The van der Waals surface area contributed by atoms with Gasteiger partial charge in [0.2, 0.25) is 5.78 Å². The van der Waals surface area contributed by atoms with Crippen molar-refractivity contribution in [2.75, 3.05) is 0 Å². The minimum Gasteiger partial charge on any atom is -0.328 e. The molecule has 2 heterocycles. The van der Waals surface area contributed by atoms with Gasteiger partial charge in [-0.1, -0.05) is 32.9 Å². The molecule has 0 unspecified atom stereocenters. The van der Waals surface area contributed by atoms with Gasteiger partial charge in [-0.2, -0.15) is 0 Å². The lowest BCUT2D eigenvalue weighted by atomic mass is 9.99. The molecule has 0 spiro atoms. The van der Waals surface area contributed by atoms with Gasteiger partial charge < -0.3 is 4.98 Å². The number of benzene rings is 1. The van der Waals surface area contributed by atoms with Crippen molar-refractivity contribution >= 4 is 16.8 Å². The van der Waals surface area contributed by atoms with E-state index in [1.165, 1.54) is 0 Å². The fourth-order valence-corrected chi connectivity index (χ4v) is 2.73. The molecule has 20 heavy (non-hydrogen) atoms. The van der Waals surface area contributed by atoms with Crippen LogP contribution in [0.5, 0.6) is 0 Å². The van der Waals surface area contributed by atoms with E-state index in [-0.39, 0.29) is 5.56 Å². The molecule has 1 atom stereocenters. The smallest absolute Gasteiger partial charge is 0.262 e. The zero-order valence-corrected chi connectivity index (χ0v) is 12.1. The summed E-state index contributed by atoms with van der Waals surface area (Å²) in [6.45, 7) is 6.31. The maximum atomic E-state index is 12.8. The van der Waals surface area contributed by atoms with Crippen LogP contribution in [-0.4, -0.2) is 14.4 Å². The number of imidazole rings is 1. The van der Waals surface area contributed by atoms with Crippen LogP contribution in [0.15, 0.2) is 29.1 Å². The summed E-state index contributed by atoms with van der Waals surface area (Å²) in [5, 5.41) is 0. The molecule has 3 rings (SSSR count). The van der Waals surface area contributed by atoms with Crippen molar-refractivity contribution in [3.05, 3.63) is 45.9 Å². The molecule has 1 N–H and O–H groups in total. The van der Waals surface area contributed by atoms with Gasteiger partial charge in [0.15, 0.2) is 0 Å². The second-order valence-electron chi connectivity index (χ2n) is 5.24. The van der Waals surface area contributed by atoms with Crippen LogP contribution in [0.25, 0.3) is 16.8 Å². The Labute approximate surface area is 117 Å². The molecule has 0 aliphatic carbocycles. The monoisotopic (exact) mass is 269 g/mol. The average Bonchev–Trinajstić information content (AvgIpc) is 2.84. The topological polar surface area (TPSA) is 50.2 Å². The molecule has 0 aliphatic heterocycles. The average molecular weight is 269 g/mol. The van der Waals surface area contributed by atoms with Crippen molar-refractivity contribution in [1.29, 1.82) is 0 Å². The van der Waals surface area contributed by atoms with E-state index in [0.717, 1.165) is 35.1 Å². The minimum absolute atomic E-state index is 0.0604. The van der Waals surface area contributed by atoms with E-state index in [9.17, 15) is 4.79 Å². The van der Waals surface area contributed by atoms with Crippen molar-refractivity contribution in [2.24, 2.45) is 0 Å².